The van der Waals surface area contributed by atoms with Gasteiger partial charge in [-0.15, -0.1) is 0 Å². The summed E-state index contributed by atoms with van der Waals surface area (Å²) in [7, 11) is 0. The fourth-order valence-corrected chi connectivity index (χ4v) is 7.80. The Kier molecular flexibility index (Phi) is 5.86. The quantitative estimate of drug-likeness (QED) is 0.202. The largest absolute Gasteiger partial charge is 0.310 e. The second-order valence-corrected chi connectivity index (χ2v) is 12.1. The van der Waals surface area contributed by atoms with Gasteiger partial charge in [-0.25, -0.2) is 0 Å². The van der Waals surface area contributed by atoms with Gasteiger partial charge in [-0.05, 0) is 86.3 Å². The lowest BCUT2D eigenvalue weighted by Crippen LogP contribution is -2.36. The summed E-state index contributed by atoms with van der Waals surface area (Å²) in [6.45, 7) is 0. The first-order chi connectivity index (χ1) is 22.3. The SMILES string of the molecule is c1ccc(-c2ccc(Cc3ccc4c(c3)C3(c5ccccc5-4)c4ccccc4N(c4ccccc4)c4ccccc43)cc2)cc1. The molecule has 0 atom stereocenters. The van der Waals surface area contributed by atoms with Gasteiger partial charge in [0.05, 0.1) is 16.8 Å². The van der Waals surface area contributed by atoms with Crippen molar-refractivity contribution < 1.29 is 0 Å². The van der Waals surface area contributed by atoms with E-state index in [0.29, 0.717) is 0 Å². The first-order valence-electron chi connectivity index (χ1n) is 15.7. The molecular weight excluding hydrogens is 542 g/mol. The molecule has 0 bridgehead atoms. The van der Waals surface area contributed by atoms with Crippen molar-refractivity contribution in [2.75, 3.05) is 4.90 Å². The van der Waals surface area contributed by atoms with E-state index in [0.717, 1.165) is 6.42 Å². The Morgan fingerprint density at radius 3 is 1.58 bits per heavy atom. The molecule has 0 unspecified atom stereocenters. The van der Waals surface area contributed by atoms with Crippen molar-refractivity contribution in [1.29, 1.82) is 0 Å². The van der Waals surface area contributed by atoms with E-state index in [1.54, 1.807) is 0 Å². The Labute approximate surface area is 264 Å². The van der Waals surface area contributed by atoms with E-state index in [-0.39, 0.29) is 0 Å². The minimum atomic E-state index is -0.419. The van der Waals surface area contributed by atoms with Crippen molar-refractivity contribution in [3.8, 4) is 22.3 Å². The third-order valence-corrected chi connectivity index (χ3v) is 9.69. The Hall–Kier alpha value is -5.66. The molecule has 0 saturated heterocycles. The molecule has 7 aromatic rings. The highest BCUT2D eigenvalue weighted by atomic mass is 15.2. The van der Waals surface area contributed by atoms with Crippen molar-refractivity contribution >= 4 is 17.1 Å². The first-order valence-corrected chi connectivity index (χ1v) is 15.7. The second kappa shape index (κ2) is 10.2. The number of para-hydroxylation sites is 3. The highest BCUT2D eigenvalue weighted by Crippen LogP contribution is 2.63. The van der Waals surface area contributed by atoms with Crippen LogP contribution in [0.5, 0.6) is 0 Å². The minimum absolute atomic E-state index is 0.419. The summed E-state index contributed by atoms with van der Waals surface area (Å²) in [6.07, 6.45) is 0.883. The number of hydrogen-bond donors (Lipinski definition) is 0. The number of nitrogens with zero attached hydrogens (tertiary/aromatic N) is 1. The summed E-state index contributed by atoms with van der Waals surface area (Å²) < 4.78 is 0. The van der Waals surface area contributed by atoms with Gasteiger partial charge in [0.1, 0.15) is 0 Å². The van der Waals surface area contributed by atoms with Crippen molar-refractivity contribution in [2.24, 2.45) is 0 Å². The third kappa shape index (κ3) is 3.87. The molecule has 9 rings (SSSR count). The molecule has 0 aromatic heterocycles. The lowest BCUT2D eigenvalue weighted by molar-refractivity contribution is 0.751. The lowest BCUT2D eigenvalue weighted by Gasteiger charge is -2.45. The third-order valence-electron chi connectivity index (χ3n) is 9.69. The summed E-state index contributed by atoms with van der Waals surface area (Å²) in [6, 6.07) is 64.7. The van der Waals surface area contributed by atoms with Crippen LogP contribution in [-0.4, -0.2) is 0 Å². The average molecular weight is 574 g/mol. The molecule has 7 aromatic carbocycles. The minimum Gasteiger partial charge on any atom is -0.310 e. The molecule has 1 spiro atoms. The van der Waals surface area contributed by atoms with Crippen LogP contribution < -0.4 is 4.90 Å². The van der Waals surface area contributed by atoms with E-state index in [2.05, 4.69) is 181 Å². The first kappa shape index (κ1) is 25.8. The second-order valence-electron chi connectivity index (χ2n) is 12.1. The van der Waals surface area contributed by atoms with E-state index < -0.39 is 5.41 Å². The summed E-state index contributed by atoms with van der Waals surface area (Å²) in [4.78, 5) is 2.44. The van der Waals surface area contributed by atoms with Crippen LogP contribution in [0.2, 0.25) is 0 Å². The molecule has 212 valence electrons. The fraction of sp³-hybridized carbons (Fsp3) is 0.0455. The molecule has 1 heteroatoms. The molecule has 1 heterocycles. The molecule has 1 aliphatic heterocycles. The van der Waals surface area contributed by atoms with Gasteiger partial charge in [-0.2, -0.15) is 0 Å². The molecule has 0 saturated carbocycles. The van der Waals surface area contributed by atoms with Crippen molar-refractivity contribution in [1.82, 2.24) is 0 Å². The van der Waals surface area contributed by atoms with Gasteiger partial charge < -0.3 is 4.90 Å². The smallest absolute Gasteiger partial charge is 0.0754 e. The van der Waals surface area contributed by atoms with E-state index >= 15 is 0 Å². The molecule has 0 amide bonds. The lowest BCUT2D eigenvalue weighted by atomic mass is 9.64. The Balaban J connectivity index is 1.24. The van der Waals surface area contributed by atoms with Crippen LogP contribution in [-0.2, 0) is 11.8 Å². The molecule has 2 aliphatic rings. The molecule has 0 radical (unpaired) electrons. The van der Waals surface area contributed by atoms with E-state index in [1.165, 1.54) is 72.7 Å². The predicted octanol–water partition coefficient (Wildman–Crippen LogP) is 11.1. The van der Waals surface area contributed by atoms with Gasteiger partial charge in [-0.1, -0.05) is 152 Å². The highest BCUT2D eigenvalue weighted by molar-refractivity contribution is 5.95. The normalized spacial score (nSPS) is 13.6. The van der Waals surface area contributed by atoms with Gasteiger partial charge in [0.15, 0.2) is 0 Å². The Morgan fingerprint density at radius 2 is 0.889 bits per heavy atom. The maximum atomic E-state index is 2.49. The number of benzene rings is 7. The maximum Gasteiger partial charge on any atom is 0.0754 e. The highest BCUT2D eigenvalue weighted by Gasteiger charge is 2.51. The van der Waals surface area contributed by atoms with E-state index in [9.17, 15) is 0 Å². The van der Waals surface area contributed by atoms with Crippen LogP contribution in [0.15, 0.2) is 176 Å². The number of hydrogen-bond acceptors (Lipinski definition) is 1. The molecule has 0 N–H and O–H groups in total. The average Bonchev–Trinajstić information content (AvgIpc) is 3.40. The van der Waals surface area contributed by atoms with E-state index in [1.807, 2.05) is 0 Å². The standard InChI is InChI=1S/C44H31N/c1-3-13-33(14-4-1)34-26-23-31(24-27-34)29-32-25-28-37-36-17-7-8-18-38(36)44(41(37)30-32)39-19-9-11-21-42(39)45(35-15-5-2-6-16-35)43-22-12-10-20-40(43)44/h1-28,30H,29H2. The number of rotatable bonds is 4. The van der Waals surface area contributed by atoms with Gasteiger partial charge in [0.2, 0.25) is 0 Å². The zero-order chi connectivity index (χ0) is 29.8. The zero-order valence-electron chi connectivity index (χ0n) is 24.9. The van der Waals surface area contributed by atoms with Gasteiger partial charge in [-0.3, -0.25) is 0 Å². The summed E-state index contributed by atoms with van der Waals surface area (Å²) in [5, 5.41) is 0. The van der Waals surface area contributed by atoms with Crippen molar-refractivity contribution in [2.45, 2.75) is 11.8 Å². The molecular formula is C44H31N. The van der Waals surface area contributed by atoms with Crippen LogP contribution in [0, 0.1) is 0 Å². The van der Waals surface area contributed by atoms with Crippen LogP contribution in [0.25, 0.3) is 22.3 Å². The number of fused-ring (bicyclic) bond motifs is 9. The molecule has 45 heavy (non-hydrogen) atoms. The van der Waals surface area contributed by atoms with Crippen LogP contribution >= 0.6 is 0 Å². The maximum absolute atomic E-state index is 2.49. The summed E-state index contributed by atoms with van der Waals surface area (Å²) in [5.41, 5.74) is 16.4. The van der Waals surface area contributed by atoms with Gasteiger partial charge in [0, 0.05) is 5.69 Å². The van der Waals surface area contributed by atoms with E-state index in [4.69, 9.17) is 0 Å². The van der Waals surface area contributed by atoms with Gasteiger partial charge in [0.25, 0.3) is 0 Å². The Morgan fingerprint density at radius 1 is 0.378 bits per heavy atom. The molecule has 1 aliphatic carbocycles. The monoisotopic (exact) mass is 573 g/mol. The van der Waals surface area contributed by atoms with Crippen LogP contribution in [0.3, 0.4) is 0 Å². The molecule has 0 fully saturated rings. The van der Waals surface area contributed by atoms with Gasteiger partial charge >= 0.3 is 0 Å². The molecule has 1 nitrogen and oxygen atoms in total. The zero-order valence-corrected chi connectivity index (χ0v) is 24.9. The van der Waals surface area contributed by atoms with Crippen LogP contribution in [0.1, 0.15) is 33.4 Å². The summed E-state index contributed by atoms with van der Waals surface area (Å²) in [5.74, 6) is 0. The number of anilines is 3. The predicted molar refractivity (Wildman–Crippen MR) is 187 cm³/mol. The van der Waals surface area contributed by atoms with Crippen molar-refractivity contribution in [3.63, 3.8) is 0 Å². The summed E-state index contributed by atoms with van der Waals surface area (Å²) >= 11 is 0. The Bertz CT molecular complexity index is 2130. The van der Waals surface area contributed by atoms with Crippen molar-refractivity contribution in [3.05, 3.63) is 209 Å². The fourth-order valence-electron chi connectivity index (χ4n) is 7.80. The topological polar surface area (TPSA) is 3.24 Å². The van der Waals surface area contributed by atoms with Crippen LogP contribution in [0.4, 0.5) is 17.1 Å².